The van der Waals surface area contributed by atoms with Gasteiger partial charge in [-0.25, -0.2) is 9.67 Å². The standard InChI is InChI=1S/C19H18ClF3IN5O4/c1-8-26-18(29(27-8)12-4-9(20)2-3-11(12)19(21,22)23)17-16(32)14(15(31)13(7-30)33-17)28-6-10(24)5-25-28/h2-6,13-17,30-32H,7H2,1H3/t13?,14-,15-,16?,17+/m0/s1. The molecule has 0 bridgehead atoms. The molecule has 9 nitrogen and oxygen atoms in total. The average Bonchev–Trinajstić information content (AvgIpc) is 3.33. The van der Waals surface area contributed by atoms with E-state index in [2.05, 4.69) is 15.2 Å². The number of hydrogen-bond acceptors (Lipinski definition) is 7. The van der Waals surface area contributed by atoms with Gasteiger partial charge in [-0.3, -0.25) is 4.68 Å². The quantitative estimate of drug-likeness (QED) is 0.395. The van der Waals surface area contributed by atoms with Gasteiger partial charge in [0.2, 0.25) is 0 Å². The van der Waals surface area contributed by atoms with Crippen molar-refractivity contribution in [3.8, 4) is 5.69 Å². The fraction of sp³-hybridized carbons (Fsp3) is 0.421. The minimum Gasteiger partial charge on any atom is -0.394 e. The van der Waals surface area contributed by atoms with E-state index in [1.807, 2.05) is 22.6 Å². The van der Waals surface area contributed by atoms with Crippen LogP contribution in [0.15, 0.2) is 30.6 Å². The Hall–Kier alpha value is -1.78. The Labute approximate surface area is 203 Å². The van der Waals surface area contributed by atoms with E-state index in [-0.39, 0.29) is 16.7 Å². The third-order valence-electron chi connectivity index (χ3n) is 5.25. The zero-order chi connectivity index (χ0) is 24.1. The molecule has 2 unspecified atom stereocenters. The molecule has 3 N–H and O–H groups in total. The van der Waals surface area contributed by atoms with Crippen molar-refractivity contribution in [1.29, 1.82) is 0 Å². The summed E-state index contributed by atoms with van der Waals surface area (Å²) in [6, 6.07) is 1.95. The van der Waals surface area contributed by atoms with Crippen LogP contribution in [0.2, 0.25) is 5.02 Å². The summed E-state index contributed by atoms with van der Waals surface area (Å²) in [5, 5.41) is 39.8. The minimum absolute atomic E-state index is 0.0369. The van der Waals surface area contributed by atoms with Crippen LogP contribution in [0, 0.1) is 10.5 Å². The number of hydrogen-bond donors (Lipinski definition) is 3. The normalized spacial score (nSPS) is 26.0. The molecule has 0 saturated carbocycles. The largest absolute Gasteiger partial charge is 0.418 e. The molecule has 0 amide bonds. The molecule has 0 spiro atoms. The summed E-state index contributed by atoms with van der Waals surface area (Å²) in [6.45, 7) is 0.857. The SMILES string of the molecule is Cc1nc([C@@H]2OC(CO)[C@H](O)[C@H](n3cc(I)cn3)C2O)n(-c2cc(Cl)ccc2C(F)(F)F)n1. The lowest BCUT2D eigenvalue weighted by Crippen LogP contribution is -2.53. The van der Waals surface area contributed by atoms with Gasteiger partial charge in [0, 0.05) is 11.2 Å². The fourth-order valence-electron chi connectivity index (χ4n) is 3.82. The predicted octanol–water partition coefficient (Wildman–Crippen LogP) is 2.44. The lowest BCUT2D eigenvalue weighted by atomic mass is 9.92. The van der Waals surface area contributed by atoms with Gasteiger partial charge in [-0.05, 0) is 47.7 Å². The molecule has 3 aromatic rings. The second-order valence-corrected chi connectivity index (χ2v) is 9.16. The van der Waals surface area contributed by atoms with E-state index in [4.69, 9.17) is 16.3 Å². The number of halogens is 5. The van der Waals surface area contributed by atoms with E-state index in [0.29, 0.717) is 0 Å². The van der Waals surface area contributed by atoms with Gasteiger partial charge < -0.3 is 20.1 Å². The molecule has 2 aromatic heterocycles. The van der Waals surface area contributed by atoms with Gasteiger partial charge >= 0.3 is 6.18 Å². The molecule has 1 saturated heterocycles. The summed E-state index contributed by atoms with van der Waals surface area (Å²) in [5.74, 6) is -0.0317. The number of alkyl halides is 3. The maximum absolute atomic E-state index is 13.7. The molecule has 0 radical (unpaired) electrons. The van der Waals surface area contributed by atoms with Crippen LogP contribution in [0.5, 0.6) is 0 Å². The second-order valence-electron chi connectivity index (χ2n) is 7.48. The summed E-state index contributed by atoms with van der Waals surface area (Å²) in [7, 11) is 0. The van der Waals surface area contributed by atoms with Gasteiger partial charge in [-0.1, -0.05) is 11.6 Å². The van der Waals surface area contributed by atoms with E-state index in [1.165, 1.54) is 17.8 Å². The molecule has 3 heterocycles. The van der Waals surface area contributed by atoms with Crippen molar-refractivity contribution in [2.24, 2.45) is 0 Å². The van der Waals surface area contributed by atoms with E-state index >= 15 is 0 Å². The molecule has 1 aliphatic heterocycles. The topological polar surface area (TPSA) is 118 Å². The van der Waals surface area contributed by atoms with Crippen LogP contribution < -0.4 is 0 Å². The molecule has 0 aliphatic carbocycles. The summed E-state index contributed by atoms with van der Waals surface area (Å²) in [5.41, 5.74) is -1.42. The first-order valence-electron chi connectivity index (χ1n) is 9.64. The van der Waals surface area contributed by atoms with Crippen molar-refractivity contribution in [2.75, 3.05) is 6.61 Å². The van der Waals surface area contributed by atoms with Crippen molar-refractivity contribution in [3.63, 3.8) is 0 Å². The molecule has 4 rings (SSSR count). The number of benzene rings is 1. The minimum atomic E-state index is -4.72. The smallest absolute Gasteiger partial charge is 0.394 e. The van der Waals surface area contributed by atoms with Crippen LogP contribution >= 0.6 is 34.2 Å². The average molecular weight is 600 g/mol. The number of ether oxygens (including phenoxy) is 1. The summed E-state index contributed by atoms with van der Waals surface area (Å²) >= 11 is 7.97. The molecule has 33 heavy (non-hydrogen) atoms. The van der Waals surface area contributed by atoms with E-state index in [9.17, 15) is 28.5 Å². The number of aromatic nitrogens is 5. The van der Waals surface area contributed by atoms with Gasteiger partial charge in [0.05, 0.1) is 27.6 Å². The van der Waals surface area contributed by atoms with Crippen LogP contribution in [0.1, 0.15) is 29.4 Å². The molecule has 1 fully saturated rings. The zero-order valence-electron chi connectivity index (χ0n) is 16.9. The number of aliphatic hydroxyl groups is 3. The highest BCUT2D eigenvalue weighted by molar-refractivity contribution is 14.1. The van der Waals surface area contributed by atoms with Crippen molar-refractivity contribution < 1.29 is 33.2 Å². The van der Waals surface area contributed by atoms with Crippen molar-refractivity contribution in [1.82, 2.24) is 24.5 Å². The summed E-state index contributed by atoms with van der Waals surface area (Å²) in [6.07, 6.45) is -7.01. The Bertz CT molecular complexity index is 1160. The highest BCUT2D eigenvalue weighted by Gasteiger charge is 2.48. The Morgan fingerprint density at radius 3 is 2.58 bits per heavy atom. The maximum atomic E-state index is 13.7. The Morgan fingerprint density at radius 1 is 1.24 bits per heavy atom. The summed E-state index contributed by atoms with van der Waals surface area (Å²) < 4.78 is 49.8. The first kappa shape index (κ1) is 24.3. The van der Waals surface area contributed by atoms with Gasteiger partial charge in [0.1, 0.15) is 36.3 Å². The third kappa shape index (κ3) is 4.61. The van der Waals surface area contributed by atoms with Crippen molar-refractivity contribution >= 4 is 34.2 Å². The molecular formula is C19H18ClF3IN5O4. The van der Waals surface area contributed by atoms with Crippen LogP contribution in [-0.2, 0) is 10.9 Å². The molecule has 5 atom stereocenters. The van der Waals surface area contributed by atoms with Gasteiger partial charge in [-0.15, -0.1) is 0 Å². The highest BCUT2D eigenvalue weighted by Crippen LogP contribution is 2.40. The van der Waals surface area contributed by atoms with Crippen LogP contribution in [0.3, 0.4) is 0 Å². The fourth-order valence-corrected chi connectivity index (χ4v) is 4.39. The van der Waals surface area contributed by atoms with Gasteiger partial charge in [0.15, 0.2) is 5.82 Å². The first-order chi connectivity index (χ1) is 15.5. The Kier molecular flexibility index (Phi) is 6.72. The summed E-state index contributed by atoms with van der Waals surface area (Å²) in [4.78, 5) is 4.20. The second kappa shape index (κ2) is 9.11. The van der Waals surface area contributed by atoms with Crippen LogP contribution in [0.4, 0.5) is 13.2 Å². The molecular weight excluding hydrogens is 582 g/mol. The molecule has 1 aromatic carbocycles. The third-order valence-corrected chi connectivity index (χ3v) is 6.05. The number of rotatable bonds is 4. The van der Waals surface area contributed by atoms with E-state index in [0.717, 1.165) is 26.5 Å². The number of nitrogens with zero attached hydrogens (tertiary/aromatic N) is 5. The van der Waals surface area contributed by atoms with Crippen molar-refractivity contribution in [3.05, 3.63) is 56.4 Å². The monoisotopic (exact) mass is 599 g/mol. The predicted molar refractivity (Wildman–Crippen MR) is 117 cm³/mol. The van der Waals surface area contributed by atoms with E-state index in [1.54, 1.807) is 6.20 Å². The van der Waals surface area contributed by atoms with E-state index < -0.39 is 54.5 Å². The lowest BCUT2D eigenvalue weighted by Gasteiger charge is -2.41. The lowest BCUT2D eigenvalue weighted by molar-refractivity contribution is -0.210. The number of aliphatic hydroxyl groups excluding tert-OH is 3. The van der Waals surface area contributed by atoms with Gasteiger partial charge in [0.25, 0.3) is 0 Å². The first-order valence-corrected chi connectivity index (χ1v) is 11.1. The van der Waals surface area contributed by atoms with Crippen LogP contribution in [-0.4, -0.2) is 64.8 Å². The molecule has 178 valence electrons. The Morgan fingerprint density at radius 2 is 1.97 bits per heavy atom. The number of aryl methyl sites for hydroxylation is 1. The maximum Gasteiger partial charge on any atom is 0.418 e. The van der Waals surface area contributed by atoms with Crippen molar-refractivity contribution in [2.45, 2.75) is 43.6 Å². The molecule has 14 heteroatoms. The Balaban J connectivity index is 1.85. The molecule has 1 aliphatic rings. The van der Waals surface area contributed by atoms with Gasteiger partial charge in [-0.2, -0.15) is 23.4 Å². The zero-order valence-corrected chi connectivity index (χ0v) is 19.8. The van der Waals surface area contributed by atoms with Crippen LogP contribution in [0.25, 0.3) is 5.69 Å². The highest BCUT2D eigenvalue weighted by atomic mass is 127.